The number of aryl methyl sites for hydroxylation is 1. The minimum absolute atomic E-state index is 0.0403. The van der Waals surface area contributed by atoms with Crippen LogP contribution in [0, 0.1) is 5.92 Å². The maximum atomic E-state index is 11.5. The Morgan fingerprint density at radius 3 is 2.88 bits per heavy atom. The van der Waals surface area contributed by atoms with Crippen LogP contribution >= 0.6 is 0 Å². The number of hydrogen-bond acceptors (Lipinski definition) is 3. The molecule has 1 amide bonds. The van der Waals surface area contributed by atoms with Gasteiger partial charge in [-0.15, -0.1) is 0 Å². The normalized spacial score (nSPS) is 12.7. The summed E-state index contributed by atoms with van der Waals surface area (Å²) in [5.41, 5.74) is 0. The van der Waals surface area contributed by atoms with Crippen molar-refractivity contribution in [2.75, 3.05) is 6.54 Å². The van der Waals surface area contributed by atoms with Crippen LogP contribution in [0.25, 0.3) is 0 Å². The van der Waals surface area contributed by atoms with Gasteiger partial charge in [-0.1, -0.05) is 13.8 Å². The van der Waals surface area contributed by atoms with Gasteiger partial charge in [-0.2, -0.15) is 0 Å². The molecule has 0 saturated carbocycles. The van der Waals surface area contributed by atoms with E-state index in [-0.39, 0.29) is 5.91 Å². The molecule has 1 rings (SSSR count). The predicted molar refractivity (Wildman–Crippen MR) is 65.3 cm³/mol. The van der Waals surface area contributed by atoms with Crippen molar-refractivity contribution in [3.8, 4) is 0 Å². The van der Waals surface area contributed by atoms with Crippen LogP contribution in [0.4, 0.5) is 0 Å². The van der Waals surface area contributed by atoms with Crippen molar-refractivity contribution in [3.05, 3.63) is 18.7 Å². The topological polar surface area (TPSA) is 67.2 Å². The lowest BCUT2D eigenvalue weighted by atomic mass is 10.1. The number of aliphatic hydroxyl groups excluding tert-OH is 1. The zero-order valence-electron chi connectivity index (χ0n) is 10.5. The maximum Gasteiger partial charge on any atom is 0.221 e. The molecule has 1 unspecified atom stereocenters. The molecule has 0 fully saturated rings. The summed E-state index contributed by atoms with van der Waals surface area (Å²) in [6, 6.07) is 0. The van der Waals surface area contributed by atoms with Crippen LogP contribution in [0.1, 0.15) is 26.7 Å². The molecule has 0 aromatic carbocycles. The quantitative estimate of drug-likeness (QED) is 0.739. The summed E-state index contributed by atoms with van der Waals surface area (Å²) in [6.07, 6.45) is 5.85. The highest BCUT2D eigenvalue weighted by Gasteiger charge is 2.08. The SMILES string of the molecule is CC(C)CC(O)CNC(=O)CCn1ccnc1. The molecule has 0 aliphatic heterocycles. The molecule has 5 nitrogen and oxygen atoms in total. The van der Waals surface area contributed by atoms with Gasteiger partial charge in [0.25, 0.3) is 0 Å². The summed E-state index contributed by atoms with van der Waals surface area (Å²) in [5.74, 6) is 0.398. The van der Waals surface area contributed by atoms with E-state index >= 15 is 0 Å². The number of aliphatic hydroxyl groups is 1. The molecule has 0 aliphatic carbocycles. The lowest BCUT2D eigenvalue weighted by Gasteiger charge is -2.13. The first-order chi connectivity index (χ1) is 8.08. The van der Waals surface area contributed by atoms with Crippen LogP contribution in [0.2, 0.25) is 0 Å². The summed E-state index contributed by atoms with van der Waals surface area (Å²) in [5, 5.41) is 12.3. The van der Waals surface area contributed by atoms with E-state index in [1.807, 2.05) is 24.6 Å². The molecule has 96 valence electrons. The van der Waals surface area contributed by atoms with Crippen molar-refractivity contribution in [1.82, 2.24) is 14.9 Å². The molecule has 0 spiro atoms. The summed E-state index contributed by atoms with van der Waals surface area (Å²) >= 11 is 0. The number of carbonyl (C=O) groups excluding carboxylic acids is 1. The van der Waals surface area contributed by atoms with Gasteiger partial charge >= 0.3 is 0 Å². The summed E-state index contributed by atoms with van der Waals surface area (Å²) in [6.45, 7) is 5.04. The molecule has 1 aromatic rings. The Labute approximate surface area is 102 Å². The number of nitrogens with zero attached hydrogens (tertiary/aromatic N) is 2. The van der Waals surface area contributed by atoms with Gasteiger partial charge in [-0.05, 0) is 12.3 Å². The molecule has 1 heterocycles. The molecule has 0 aliphatic rings. The van der Waals surface area contributed by atoms with Gasteiger partial charge in [0.1, 0.15) is 0 Å². The standard InChI is InChI=1S/C12H21N3O2/c1-10(2)7-11(16)8-14-12(17)3-5-15-6-4-13-9-15/h4,6,9-11,16H,3,5,7-8H2,1-2H3,(H,14,17). The van der Waals surface area contributed by atoms with Crippen molar-refractivity contribution in [3.63, 3.8) is 0 Å². The van der Waals surface area contributed by atoms with E-state index in [2.05, 4.69) is 10.3 Å². The molecule has 1 aromatic heterocycles. The Bertz CT molecular complexity index is 323. The first-order valence-corrected chi connectivity index (χ1v) is 5.98. The zero-order valence-corrected chi connectivity index (χ0v) is 10.5. The molecular formula is C12H21N3O2. The second-order valence-corrected chi connectivity index (χ2v) is 4.64. The zero-order chi connectivity index (χ0) is 12.7. The molecule has 0 bridgehead atoms. The minimum atomic E-state index is -0.452. The molecule has 0 radical (unpaired) electrons. The van der Waals surface area contributed by atoms with Crippen molar-refractivity contribution in [2.45, 2.75) is 39.3 Å². The Morgan fingerprint density at radius 1 is 1.53 bits per heavy atom. The Kier molecular flexibility index (Phi) is 5.69. The summed E-state index contributed by atoms with van der Waals surface area (Å²) < 4.78 is 1.85. The van der Waals surface area contributed by atoms with Gasteiger partial charge in [-0.3, -0.25) is 4.79 Å². The van der Waals surface area contributed by atoms with Crippen molar-refractivity contribution in [1.29, 1.82) is 0 Å². The second-order valence-electron chi connectivity index (χ2n) is 4.64. The average molecular weight is 239 g/mol. The number of hydrogen-bond donors (Lipinski definition) is 2. The van der Waals surface area contributed by atoms with E-state index in [1.165, 1.54) is 0 Å². The largest absolute Gasteiger partial charge is 0.391 e. The lowest BCUT2D eigenvalue weighted by Crippen LogP contribution is -2.33. The Balaban J connectivity index is 2.13. The lowest BCUT2D eigenvalue weighted by molar-refractivity contribution is -0.121. The van der Waals surface area contributed by atoms with E-state index in [0.717, 1.165) is 0 Å². The molecule has 5 heteroatoms. The van der Waals surface area contributed by atoms with Crippen LogP contribution < -0.4 is 5.32 Å². The van der Waals surface area contributed by atoms with E-state index < -0.39 is 6.10 Å². The predicted octanol–water partition coefficient (Wildman–Crippen LogP) is 0.796. The fraction of sp³-hybridized carbons (Fsp3) is 0.667. The van der Waals surface area contributed by atoms with Gasteiger partial charge < -0.3 is 15.0 Å². The smallest absolute Gasteiger partial charge is 0.221 e. The first-order valence-electron chi connectivity index (χ1n) is 5.98. The third kappa shape index (κ3) is 6.06. The first kappa shape index (κ1) is 13.7. The molecule has 2 N–H and O–H groups in total. The fourth-order valence-electron chi connectivity index (χ4n) is 1.60. The summed E-state index contributed by atoms with van der Waals surface area (Å²) in [7, 11) is 0. The molecule has 1 atom stereocenters. The van der Waals surface area contributed by atoms with E-state index in [0.29, 0.717) is 31.8 Å². The molecule has 0 saturated heterocycles. The highest BCUT2D eigenvalue weighted by molar-refractivity contribution is 5.75. The number of nitrogens with one attached hydrogen (secondary N) is 1. The van der Waals surface area contributed by atoms with Gasteiger partial charge in [0, 0.05) is 31.9 Å². The molecular weight excluding hydrogens is 218 g/mol. The fourth-order valence-corrected chi connectivity index (χ4v) is 1.60. The van der Waals surface area contributed by atoms with E-state index in [1.54, 1.807) is 12.5 Å². The van der Waals surface area contributed by atoms with Crippen molar-refractivity contribution < 1.29 is 9.90 Å². The Morgan fingerprint density at radius 2 is 2.29 bits per heavy atom. The Hall–Kier alpha value is -1.36. The van der Waals surface area contributed by atoms with Crippen molar-refractivity contribution >= 4 is 5.91 Å². The van der Waals surface area contributed by atoms with Gasteiger partial charge in [0.2, 0.25) is 5.91 Å². The van der Waals surface area contributed by atoms with Crippen LogP contribution in [0.15, 0.2) is 18.7 Å². The van der Waals surface area contributed by atoms with Crippen LogP contribution in [0.5, 0.6) is 0 Å². The van der Waals surface area contributed by atoms with Crippen molar-refractivity contribution in [2.24, 2.45) is 5.92 Å². The maximum absolute atomic E-state index is 11.5. The highest BCUT2D eigenvalue weighted by atomic mass is 16.3. The van der Waals surface area contributed by atoms with Crippen LogP contribution in [-0.4, -0.2) is 33.2 Å². The van der Waals surface area contributed by atoms with Gasteiger partial charge in [0.15, 0.2) is 0 Å². The minimum Gasteiger partial charge on any atom is -0.391 e. The number of aromatic nitrogens is 2. The highest BCUT2D eigenvalue weighted by Crippen LogP contribution is 2.03. The number of amides is 1. The van der Waals surface area contributed by atoms with Gasteiger partial charge in [-0.25, -0.2) is 4.98 Å². The van der Waals surface area contributed by atoms with Crippen LogP contribution in [-0.2, 0) is 11.3 Å². The average Bonchev–Trinajstić information content (AvgIpc) is 2.75. The van der Waals surface area contributed by atoms with E-state index in [4.69, 9.17) is 0 Å². The third-order valence-electron chi connectivity index (χ3n) is 2.43. The van der Waals surface area contributed by atoms with Gasteiger partial charge in [0.05, 0.1) is 12.4 Å². The second kappa shape index (κ2) is 7.06. The number of rotatable bonds is 7. The summed E-state index contributed by atoms with van der Waals surface area (Å²) in [4.78, 5) is 15.4. The monoisotopic (exact) mass is 239 g/mol. The number of carbonyl (C=O) groups is 1. The van der Waals surface area contributed by atoms with Crippen LogP contribution in [0.3, 0.4) is 0 Å². The number of imidazole rings is 1. The third-order valence-corrected chi connectivity index (χ3v) is 2.43. The molecule has 17 heavy (non-hydrogen) atoms. The van der Waals surface area contributed by atoms with E-state index in [9.17, 15) is 9.90 Å².